The summed E-state index contributed by atoms with van der Waals surface area (Å²) in [5, 5.41) is 10.3. The Balaban J connectivity index is 1.36. The highest BCUT2D eigenvalue weighted by atomic mass is 32.2. The SMILES string of the molecule is CN(C1CC1)S(=O)(=O)c1ccc(C(=O)Nc2nnc(CSc3ccccc3)o2)cc1. The Morgan fingerprint density at radius 3 is 2.50 bits per heavy atom. The zero-order valence-electron chi connectivity index (χ0n) is 16.2. The lowest BCUT2D eigenvalue weighted by Crippen LogP contribution is -2.29. The zero-order chi connectivity index (χ0) is 21.1. The van der Waals surface area contributed by atoms with Crippen LogP contribution in [0.3, 0.4) is 0 Å². The first-order chi connectivity index (χ1) is 14.4. The summed E-state index contributed by atoms with van der Waals surface area (Å²) in [5.74, 6) is 0.414. The number of anilines is 1. The minimum absolute atomic E-state index is 0.00572. The molecule has 1 saturated carbocycles. The quantitative estimate of drug-likeness (QED) is 0.531. The summed E-state index contributed by atoms with van der Waals surface area (Å²) >= 11 is 1.54. The Hall–Kier alpha value is -2.69. The van der Waals surface area contributed by atoms with E-state index in [-0.39, 0.29) is 17.0 Å². The van der Waals surface area contributed by atoms with Crippen molar-refractivity contribution in [3.05, 3.63) is 66.1 Å². The zero-order valence-corrected chi connectivity index (χ0v) is 17.8. The van der Waals surface area contributed by atoms with Gasteiger partial charge in [0.2, 0.25) is 15.9 Å². The van der Waals surface area contributed by atoms with E-state index in [0.29, 0.717) is 17.2 Å². The van der Waals surface area contributed by atoms with Gasteiger partial charge >= 0.3 is 6.01 Å². The van der Waals surface area contributed by atoms with E-state index >= 15 is 0 Å². The van der Waals surface area contributed by atoms with Gasteiger partial charge in [0.15, 0.2) is 0 Å². The Bertz CT molecular complexity index is 1130. The molecule has 4 rings (SSSR count). The Kier molecular flexibility index (Phi) is 5.89. The van der Waals surface area contributed by atoms with E-state index in [0.717, 1.165) is 17.7 Å². The van der Waals surface area contributed by atoms with E-state index < -0.39 is 15.9 Å². The Morgan fingerprint density at radius 1 is 1.13 bits per heavy atom. The molecule has 0 atom stereocenters. The van der Waals surface area contributed by atoms with Crippen LogP contribution >= 0.6 is 11.8 Å². The van der Waals surface area contributed by atoms with Crippen molar-refractivity contribution >= 4 is 33.7 Å². The van der Waals surface area contributed by atoms with Crippen LogP contribution < -0.4 is 5.32 Å². The first kappa shape index (κ1) is 20.6. The Morgan fingerprint density at radius 2 is 1.83 bits per heavy atom. The van der Waals surface area contributed by atoms with Crippen LogP contribution in [0.25, 0.3) is 0 Å². The molecular formula is C20H20N4O4S2. The molecule has 1 amide bonds. The number of hydrogen-bond acceptors (Lipinski definition) is 7. The predicted molar refractivity (Wildman–Crippen MR) is 113 cm³/mol. The molecule has 30 heavy (non-hydrogen) atoms. The van der Waals surface area contributed by atoms with Crippen LogP contribution in [-0.2, 0) is 15.8 Å². The van der Waals surface area contributed by atoms with Gasteiger partial charge in [0, 0.05) is 23.5 Å². The topological polar surface area (TPSA) is 105 Å². The number of carbonyl (C=O) groups is 1. The maximum atomic E-state index is 12.5. The lowest BCUT2D eigenvalue weighted by Gasteiger charge is -2.16. The molecule has 1 N–H and O–H groups in total. The molecular weight excluding hydrogens is 424 g/mol. The van der Waals surface area contributed by atoms with Gasteiger partial charge in [-0.2, -0.15) is 4.31 Å². The second-order valence-corrected chi connectivity index (χ2v) is 9.88. The molecule has 0 bridgehead atoms. The minimum Gasteiger partial charge on any atom is -0.407 e. The average Bonchev–Trinajstić information content (AvgIpc) is 3.52. The largest absolute Gasteiger partial charge is 0.407 e. The molecule has 1 aliphatic rings. The van der Waals surface area contributed by atoms with Crippen molar-refractivity contribution < 1.29 is 17.6 Å². The van der Waals surface area contributed by atoms with Gasteiger partial charge in [-0.15, -0.1) is 16.9 Å². The normalized spacial score (nSPS) is 14.1. The fraction of sp³-hybridized carbons (Fsp3) is 0.250. The summed E-state index contributed by atoms with van der Waals surface area (Å²) in [6.45, 7) is 0. The molecule has 1 fully saturated rings. The van der Waals surface area contributed by atoms with Crippen LogP contribution in [0.4, 0.5) is 6.01 Å². The molecule has 8 nitrogen and oxygen atoms in total. The highest BCUT2D eigenvalue weighted by molar-refractivity contribution is 7.98. The van der Waals surface area contributed by atoms with Crippen LogP contribution in [-0.4, -0.2) is 41.9 Å². The van der Waals surface area contributed by atoms with Crippen molar-refractivity contribution in [2.75, 3.05) is 12.4 Å². The van der Waals surface area contributed by atoms with Gasteiger partial charge < -0.3 is 4.42 Å². The number of thioether (sulfide) groups is 1. The smallest absolute Gasteiger partial charge is 0.322 e. The highest BCUT2D eigenvalue weighted by Gasteiger charge is 2.35. The molecule has 0 radical (unpaired) electrons. The molecule has 1 aromatic heterocycles. The maximum absolute atomic E-state index is 12.5. The number of carbonyl (C=O) groups excluding carboxylic acids is 1. The number of nitrogens with zero attached hydrogens (tertiary/aromatic N) is 3. The van der Waals surface area contributed by atoms with E-state index in [4.69, 9.17) is 4.42 Å². The van der Waals surface area contributed by atoms with Crippen molar-refractivity contribution in [3.63, 3.8) is 0 Å². The van der Waals surface area contributed by atoms with Crippen molar-refractivity contribution in [2.45, 2.75) is 34.4 Å². The fourth-order valence-electron chi connectivity index (χ4n) is 2.77. The second-order valence-electron chi connectivity index (χ2n) is 6.83. The van der Waals surface area contributed by atoms with Gasteiger partial charge in [-0.3, -0.25) is 10.1 Å². The molecule has 1 heterocycles. The second kappa shape index (κ2) is 8.58. The predicted octanol–water partition coefficient (Wildman–Crippen LogP) is 3.40. The molecule has 0 saturated heterocycles. The van der Waals surface area contributed by atoms with E-state index in [9.17, 15) is 13.2 Å². The monoisotopic (exact) mass is 444 g/mol. The van der Waals surface area contributed by atoms with Gasteiger partial charge in [0.1, 0.15) is 0 Å². The van der Waals surface area contributed by atoms with Crippen LogP contribution in [0.2, 0.25) is 0 Å². The number of rotatable bonds is 8. The average molecular weight is 445 g/mol. The minimum atomic E-state index is -3.54. The van der Waals surface area contributed by atoms with Crippen molar-refractivity contribution in [1.29, 1.82) is 0 Å². The fourth-order valence-corrected chi connectivity index (χ4v) is 4.94. The summed E-state index contributed by atoms with van der Waals surface area (Å²) in [5.41, 5.74) is 0.293. The van der Waals surface area contributed by atoms with Crippen molar-refractivity contribution in [1.82, 2.24) is 14.5 Å². The highest BCUT2D eigenvalue weighted by Crippen LogP contribution is 2.30. The third-order valence-corrected chi connectivity index (χ3v) is 7.57. The molecule has 0 unspecified atom stereocenters. The number of sulfonamides is 1. The van der Waals surface area contributed by atoms with Crippen LogP contribution in [0.15, 0.2) is 68.8 Å². The van der Waals surface area contributed by atoms with E-state index in [2.05, 4.69) is 15.5 Å². The summed E-state index contributed by atoms with van der Waals surface area (Å²) in [6, 6.07) is 15.7. The van der Waals surface area contributed by atoms with Crippen LogP contribution in [0.1, 0.15) is 29.1 Å². The van der Waals surface area contributed by atoms with Gasteiger partial charge in [0.25, 0.3) is 5.91 Å². The van der Waals surface area contributed by atoms with Gasteiger partial charge in [-0.05, 0) is 49.2 Å². The molecule has 3 aromatic rings. The van der Waals surface area contributed by atoms with E-state index in [1.54, 1.807) is 18.8 Å². The van der Waals surface area contributed by atoms with Gasteiger partial charge in [-0.1, -0.05) is 23.3 Å². The molecule has 0 aliphatic heterocycles. The van der Waals surface area contributed by atoms with Crippen LogP contribution in [0.5, 0.6) is 0 Å². The van der Waals surface area contributed by atoms with Crippen LogP contribution in [0, 0.1) is 0 Å². The summed E-state index contributed by atoms with van der Waals surface area (Å²) in [7, 11) is -1.96. The lowest BCUT2D eigenvalue weighted by atomic mass is 10.2. The molecule has 10 heteroatoms. The van der Waals surface area contributed by atoms with E-state index in [1.165, 1.54) is 28.6 Å². The lowest BCUT2D eigenvalue weighted by molar-refractivity contribution is 0.102. The molecule has 1 aliphatic carbocycles. The summed E-state index contributed by atoms with van der Waals surface area (Å²) in [6.07, 6.45) is 1.76. The first-order valence-electron chi connectivity index (χ1n) is 9.33. The molecule has 0 spiro atoms. The number of hydrogen-bond donors (Lipinski definition) is 1. The van der Waals surface area contributed by atoms with Crippen molar-refractivity contribution in [2.24, 2.45) is 0 Å². The van der Waals surface area contributed by atoms with E-state index in [1.807, 2.05) is 30.3 Å². The number of aromatic nitrogens is 2. The maximum Gasteiger partial charge on any atom is 0.322 e. The molecule has 156 valence electrons. The van der Waals surface area contributed by atoms with Gasteiger partial charge in [-0.25, -0.2) is 8.42 Å². The van der Waals surface area contributed by atoms with Gasteiger partial charge in [0.05, 0.1) is 10.6 Å². The third kappa shape index (κ3) is 4.72. The number of nitrogens with one attached hydrogen (secondary N) is 1. The summed E-state index contributed by atoms with van der Waals surface area (Å²) < 4.78 is 31.9. The number of amides is 1. The third-order valence-electron chi connectivity index (χ3n) is 4.65. The first-order valence-corrected chi connectivity index (χ1v) is 11.8. The summed E-state index contributed by atoms with van der Waals surface area (Å²) in [4.78, 5) is 13.6. The standard InChI is InChI=1S/C20H20N4O4S2/c1-24(15-9-10-15)30(26,27)17-11-7-14(8-12-17)19(25)21-20-23-22-18(28-20)13-29-16-5-3-2-4-6-16/h2-8,11-12,15H,9-10,13H2,1H3,(H,21,23,25). The number of benzene rings is 2. The van der Waals surface area contributed by atoms with Crippen molar-refractivity contribution in [3.8, 4) is 0 Å². The Labute approximate surface area is 178 Å². The molecule has 2 aromatic carbocycles.